The van der Waals surface area contributed by atoms with Crippen molar-refractivity contribution in [3.05, 3.63) is 59.8 Å². The SMILES string of the molecule is CCC(=O)Nc1ccc(-c2c(CC(C)C)nn(-c3cccc(C)c3)c2OC(C)=O)cc1. The highest BCUT2D eigenvalue weighted by Gasteiger charge is 2.24. The Kier molecular flexibility index (Phi) is 6.90. The number of ether oxygens (including phenoxy) is 1. The second-order valence-electron chi connectivity index (χ2n) is 8.05. The molecule has 0 atom stereocenters. The van der Waals surface area contributed by atoms with Gasteiger partial charge in [0.05, 0.1) is 16.9 Å². The lowest BCUT2D eigenvalue weighted by atomic mass is 9.99. The summed E-state index contributed by atoms with van der Waals surface area (Å²) in [5.41, 5.74) is 5.17. The van der Waals surface area contributed by atoms with Crippen molar-refractivity contribution in [3.63, 3.8) is 0 Å². The lowest BCUT2D eigenvalue weighted by Gasteiger charge is -2.11. The number of carbonyl (C=O) groups is 2. The molecule has 0 fully saturated rings. The fourth-order valence-electron chi connectivity index (χ4n) is 3.40. The second kappa shape index (κ2) is 9.60. The van der Waals surface area contributed by atoms with Crippen molar-refractivity contribution in [2.75, 3.05) is 5.32 Å². The van der Waals surface area contributed by atoms with Crippen LogP contribution in [0.5, 0.6) is 5.88 Å². The van der Waals surface area contributed by atoms with Crippen LogP contribution in [0.4, 0.5) is 5.69 Å². The number of nitrogens with zero attached hydrogens (tertiary/aromatic N) is 2. The summed E-state index contributed by atoms with van der Waals surface area (Å²) in [6.45, 7) is 9.47. The molecule has 2 aromatic carbocycles. The summed E-state index contributed by atoms with van der Waals surface area (Å²) in [5.74, 6) is 0.325. The van der Waals surface area contributed by atoms with Gasteiger partial charge < -0.3 is 10.1 Å². The maximum Gasteiger partial charge on any atom is 0.309 e. The molecule has 0 bridgehead atoms. The number of hydrogen-bond acceptors (Lipinski definition) is 4. The number of amides is 1. The van der Waals surface area contributed by atoms with Crippen LogP contribution < -0.4 is 10.1 Å². The van der Waals surface area contributed by atoms with Crippen LogP contribution in [0.3, 0.4) is 0 Å². The van der Waals surface area contributed by atoms with Crippen molar-refractivity contribution in [3.8, 4) is 22.7 Å². The number of anilines is 1. The number of nitrogens with one attached hydrogen (secondary N) is 1. The lowest BCUT2D eigenvalue weighted by molar-refractivity contribution is -0.132. The first-order valence-corrected chi connectivity index (χ1v) is 10.6. The Morgan fingerprint density at radius 3 is 2.42 bits per heavy atom. The van der Waals surface area contributed by atoms with Crippen molar-refractivity contribution in [1.82, 2.24) is 9.78 Å². The molecule has 162 valence electrons. The van der Waals surface area contributed by atoms with Gasteiger partial charge in [-0.15, -0.1) is 0 Å². The molecule has 1 aromatic heterocycles. The van der Waals surface area contributed by atoms with Crippen molar-refractivity contribution >= 4 is 17.6 Å². The van der Waals surface area contributed by atoms with E-state index in [1.54, 1.807) is 4.68 Å². The van der Waals surface area contributed by atoms with Crippen LogP contribution in [0.2, 0.25) is 0 Å². The highest BCUT2D eigenvalue weighted by atomic mass is 16.5. The van der Waals surface area contributed by atoms with E-state index in [-0.39, 0.29) is 5.91 Å². The Balaban J connectivity index is 2.16. The lowest BCUT2D eigenvalue weighted by Crippen LogP contribution is -2.09. The number of rotatable bonds is 7. The minimum atomic E-state index is -0.405. The van der Waals surface area contributed by atoms with E-state index in [4.69, 9.17) is 9.84 Å². The predicted octanol–water partition coefficient (Wildman–Crippen LogP) is 5.32. The van der Waals surface area contributed by atoms with Gasteiger partial charge in [0, 0.05) is 19.0 Å². The topological polar surface area (TPSA) is 73.2 Å². The standard InChI is InChI=1S/C25H29N3O3/c1-6-23(30)26-20-12-10-19(11-13-20)24-22(14-16(2)3)27-28(25(24)31-18(5)29)21-9-7-8-17(4)15-21/h7-13,15-16H,6,14H2,1-5H3,(H,26,30). The zero-order chi connectivity index (χ0) is 22.5. The molecule has 0 saturated heterocycles. The maximum absolute atomic E-state index is 12.0. The first kappa shape index (κ1) is 22.3. The van der Waals surface area contributed by atoms with Crippen LogP contribution in [-0.4, -0.2) is 21.7 Å². The van der Waals surface area contributed by atoms with Gasteiger partial charge >= 0.3 is 5.97 Å². The van der Waals surface area contributed by atoms with Gasteiger partial charge in [0.15, 0.2) is 0 Å². The Labute approximate surface area is 183 Å². The molecule has 0 aliphatic rings. The average molecular weight is 420 g/mol. The van der Waals surface area contributed by atoms with E-state index in [1.165, 1.54) is 6.92 Å². The van der Waals surface area contributed by atoms with Crippen LogP contribution >= 0.6 is 0 Å². The molecule has 0 aliphatic heterocycles. The van der Waals surface area contributed by atoms with Gasteiger partial charge in [-0.3, -0.25) is 9.59 Å². The van der Waals surface area contributed by atoms with Crippen LogP contribution in [0.25, 0.3) is 16.8 Å². The zero-order valence-corrected chi connectivity index (χ0v) is 18.7. The molecule has 1 heterocycles. The van der Waals surface area contributed by atoms with E-state index in [1.807, 2.05) is 62.4 Å². The third kappa shape index (κ3) is 5.40. The third-order valence-electron chi connectivity index (χ3n) is 4.78. The van der Waals surface area contributed by atoms with E-state index >= 15 is 0 Å². The van der Waals surface area contributed by atoms with E-state index in [2.05, 4.69) is 19.2 Å². The maximum atomic E-state index is 12.0. The molecule has 3 rings (SSSR count). The first-order chi connectivity index (χ1) is 14.8. The van der Waals surface area contributed by atoms with Gasteiger partial charge in [0.25, 0.3) is 0 Å². The zero-order valence-electron chi connectivity index (χ0n) is 18.7. The van der Waals surface area contributed by atoms with Crippen LogP contribution in [0.1, 0.15) is 45.4 Å². The Bertz CT molecular complexity index is 1080. The summed E-state index contributed by atoms with van der Waals surface area (Å²) in [6.07, 6.45) is 1.15. The van der Waals surface area contributed by atoms with E-state index in [9.17, 15) is 9.59 Å². The largest absolute Gasteiger partial charge is 0.407 e. The summed E-state index contributed by atoms with van der Waals surface area (Å²) >= 11 is 0. The minimum Gasteiger partial charge on any atom is -0.407 e. The molecular formula is C25H29N3O3. The number of carbonyl (C=O) groups excluding carboxylic acids is 2. The highest BCUT2D eigenvalue weighted by Crippen LogP contribution is 2.37. The second-order valence-corrected chi connectivity index (χ2v) is 8.05. The molecule has 1 amide bonds. The van der Waals surface area contributed by atoms with E-state index < -0.39 is 5.97 Å². The molecule has 31 heavy (non-hydrogen) atoms. The van der Waals surface area contributed by atoms with Gasteiger partial charge in [-0.1, -0.05) is 45.0 Å². The van der Waals surface area contributed by atoms with Crippen molar-refractivity contribution in [2.24, 2.45) is 5.92 Å². The Morgan fingerprint density at radius 1 is 1.13 bits per heavy atom. The van der Waals surface area contributed by atoms with Crippen molar-refractivity contribution in [2.45, 2.75) is 47.5 Å². The first-order valence-electron chi connectivity index (χ1n) is 10.6. The Hall–Kier alpha value is -3.41. The van der Waals surface area contributed by atoms with Gasteiger partial charge in [-0.2, -0.15) is 9.78 Å². The molecule has 0 unspecified atom stereocenters. The fourth-order valence-corrected chi connectivity index (χ4v) is 3.40. The van der Waals surface area contributed by atoms with Crippen molar-refractivity contribution < 1.29 is 14.3 Å². The molecule has 6 nitrogen and oxygen atoms in total. The molecule has 1 N–H and O–H groups in total. The monoisotopic (exact) mass is 419 g/mol. The molecule has 3 aromatic rings. The number of benzene rings is 2. The smallest absolute Gasteiger partial charge is 0.309 e. The van der Waals surface area contributed by atoms with E-state index in [0.29, 0.717) is 18.2 Å². The number of aromatic nitrogens is 2. The number of aryl methyl sites for hydroxylation is 1. The van der Waals surface area contributed by atoms with Crippen LogP contribution in [0.15, 0.2) is 48.5 Å². The van der Waals surface area contributed by atoms with Gasteiger partial charge in [0.1, 0.15) is 0 Å². The van der Waals surface area contributed by atoms with Gasteiger partial charge in [-0.25, -0.2) is 0 Å². The quantitative estimate of drug-likeness (QED) is 0.526. The van der Waals surface area contributed by atoms with Crippen LogP contribution in [0, 0.1) is 12.8 Å². The number of esters is 1. The molecule has 0 aliphatic carbocycles. The van der Waals surface area contributed by atoms with Crippen molar-refractivity contribution in [1.29, 1.82) is 0 Å². The summed E-state index contributed by atoms with van der Waals surface area (Å²) in [6, 6.07) is 15.5. The van der Waals surface area contributed by atoms with Crippen LogP contribution in [-0.2, 0) is 16.0 Å². The highest BCUT2D eigenvalue weighted by molar-refractivity contribution is 5.91. The third-order valence-corrected chi connectivity index (χ3v) is 4.78. The molecule has 6 heteroatoms. The molecule has 0 spiro atoms. The molecule has 0 radical (unpaired) electrons. The average Bonchev–Trinajstić information content (AvgIpc) is 3.05. The Morgan fingerprint density at radius 2 is 1.84 bits per heavy atom. The fraction of sp³-hybridized carbons (Fsp3) is 0.320. The molecule has 0 saturated carbocycles. The number of hydrogen-bond donors (Lipinski definition) is 1. The summed E-state index contributed by atoms with van der Waals surface area (Å²) in [4.78, 5) is 23.7. The van der Waals surface area contributed by atoms with Gasteiger partial charge in [-0.05, 0) is 54.7 Å². The summed E-state index contributed by atoms with van der Waals surface area (Å²) in [7, 11) is 0. The summed E-state index contributed by atoms with van der Waals surface area (Å²) in [5, 5.41) is 7.70. The summed E-state index contributed by atoms with van der Waals surface area (Å²) < 4.78 is 7.39. The molecular weight excluding hydrogens is 390 g/mol. The normalized spacial score (nSPS) is 10.9. The predicted molar refractivity (Wildman–Crippen MR) is 123 cm³/mol. The minimum absolute atomic E-state index is 0.0406. The van der Waals surface area contributed by atoms with E-state index in [0.717, 1.165) is 40.2 Å². The van der Waals surface area contributed by atoms with Gasteiger partial charge in [0.2, 0.25) is 11.8 Å².